The van der Waals surface area contributed by atoms with Crippen LogP contribution in [-0.2, 0) is 0 Å². The SMILES string of the molecule is Nc1ccc(-n2ccc(C(F)F)n2)cc1. The number of anilines is 1. The molecule has 0 saturated carbocycles. The van der Waals surface area contributed by atoms with Crippen molar-refractivity contribution in [1.82, 2.24) is 9.78 Å². The van der Waals surface area contributed by atoms with Crippen molar-refractivity contribution in [2.45, 2.75) is 6.43 Å². The second kappa shape index (κ2) is 3.68. The highest BCUT2D eigenvalue weighted by Crippen LogP contribution is 2.17. The molecule has 0 atom stereocenters. The van der Waals surface area contributed by atoms with Gasteiger partial charge in [-0.2, -0.15) is 5.10 Å². The molecule has 0 unspecified atom stereocenters. The molecule has 78 valence electrons. The summed E-state index contributed by atoms with van der Waals surface area (Å²) < 4.78 is 25.9. The lowest BCUT2D eigenvalue weighted by molar-refractivity contribution is 0.145. The van der Waals surface area contributed by atoms with Gasteiger partial charge in [0.2, 0.25) is 0 Å². The largest absolute Gasteiger partial charge is 0.399 e. The molecule has 0 saturated heterocycles. The zero-order valence-electron chi connectivity index (χ0n) is 7.77. The summed E-state index contributed by atoms with van der Waals surface area (Å²) in [6.45, 7) is 0. The van der Waals surface area contributed by atoms with E-state index in [-0.39, 0.29) is 5.69 Å². The number of halogens is 2. The highest BCUT2D eigenvalue weighted by atomic mass is 19.3. The van der Waals surface area contributed by atoms with Gasteiger partial charge in [0, 0.05) is 11.9 Å². The first-order chi connectivity index (χ1) is 7.16. The highest BCUT2D eigenvalue weighted by Gasteiger charge is 2.10. The fourth-order valence-corrected chi connectivity index (χ4v) is 1.23. The number of nitrogens with two attached hydrogens (primary N) is 1. The van der Waals surface area contributed by atoms with Gasteiger partial charge in [-0.3, -0.25) is 0 Å². The molecule has 0 aliphatic carbocycles. The normalized spacial score (nSPS) is 10.9. The number of nitrogen functional groups attached to an aromatic ring is 1. The van der Waals surface area contributed by atoms with Crippen molar-refractivity contribution in [3.63, 3.8) is 0 Å². The van der Waals surface area contributed by atoms with E-state index in [2.05, 4.69) is 5.10 Å². The van der Waals surface area contributed by atoms with Crippen molar-refractivity contribution in [2.24, 2.45) is 0 Å². The van der Waals surface area contributed by atoms with E-state index in [1.165, 1.54) is 16.9 Å². The van der Waals surface area contributed by atoms with E-state index in [0.717, 1.165) is 0 Å². The van der Waals surface area contributed by atoms with Gasteiger partial charge in [-0.05, 0) is 30.3 Å². The lowest BCUT2D eigenvalue weighted by atomic mass is 10.3. The zero-order chi connectivity index (χ0) is 10.8. The first kappa shape index (κ1) is 9.64. The van der Waals surface area contributed by atoms with Crippen LogP contribution in [0.5, 0.6) is 0 Å². The minimum atomic E-state index is -2.54. The summed E-state index contributed by atoms with van der Waals surface area (Å²) in [4.78, 5) is 0. The van der Waals surface area contributed by atoms with E-state index in [1.54, 1.807) is 24.3 Å². The number of hydrogen-bond acceptors (Lipinski definition) is 2. The highest BCUT2D eigenvalue weighted by molar-refractivity contribution is 5.44. The fourth-order valence-electron chi connectivity index (χ4n) is 1.23. The van der Waals surface area contributed by atoms with Crippen LogP contribution in [0.1, 0.15) is 12.1 Å². The Hall–Kier alpha value is -1.91. The van der Waals surface area contributed by atoms with Gasteiger partial charge < -0.3 is 5.73 Å². The van der Waals surface area contributed by atoms with Crippen molar-refractivity contribution < 1.29 is 8.78 Å². The van der Waals surface area contributed by atoms with Gasteiger partial charge in [0.25, 0.3) is 6.43 Å². The molecule has 1 heterocycles. The maximum atomic E-state index is 12.3. The Morgan fingerprint density at radius 1 is 1.13 bits per heavy atom. The van der Waals surface area contributed by atoms with Gasteiger partial charge in [-0.1, -0.05) is 0 Å². The number of aromatic nitrogens is 2. The van der Waals surface area contributed by atoms with Crippen molar-refractivity contribution in [1.29, 1.82) is 0 Å². The summed E-state index contributed by atoms with van der Waals surface area (Å²) in [7, 11) is 0. The Morgan fingerprint density at radius 2 is 1.80 bits per heavy atom. The summed E-state index contributed by atoms with van der Waals surface area (Å²) in [5.41, 5.74) is 6.61. The van der Waals surface area contributed by atoms with Crippen LogP contribution in [0.4, 0.5) is 14.5 Å². The number of hydrogen-bond donors (Lipinski definition) is 1. The van der Waals surface area contributed by atoms with Crippen LogP contribution >= 0.6 is 0 Å². The molecule has 5 heteroatoms. The van der Waals surface area contributed by atoms with Crippen molar-refractivity contribution in [3.8, 4) is 5.69 Å². The van der Waals surface area contributed by atoms with Gasteiger partial charge in [-0.15, -0.1) is 0 Å². The molecule has 2 rings (SSSR count). The molecule has 2 N–H and O–H groups in total. The standard InChI is InChI=1S/C10H9F2N3/c11-10(12)9-5-6-15(14-9)8-3-1-7(13)2-4-8/h1-6,10H,13H2. The predicted octanol–water partition coefficient (Wildman–Crippen LogP) is 2.39. The van der Waals surface area contributed by atoms with Gasteiger partial charge in [-0.25, -0.2) is 13.5 Å². The van der Waals surface area contributed by atoms with Crippen molar-refractivity contribution >= 4 is 5.69 Å². The average Bonchev–Trinajstić information content (AvgIpc) is 2.68. The van der Waals surface area contributed by atoms with E-state index in [0.29, 0.717) is 11.4 Å². The topological polar surface area (TPSA) is 43.8 Å². The molecular formula is C10H9F2N3. The summed E-state index contributed by atoms with van der Waals surface area (Å²) in [5, 5.41) is 3.74. The van der Waals surface area contributed by atoms with E-state index in [9.17, 15) is 8.78 Å². The molecule has 3 nitrogen and oxygen atoms in total. The summed E-state index contributed by atoms with van der Waals surface area (Å²) >= 11 is 0. The zero-order valence-corrected chi connectivity index (χ0v) is 7.77. The Balaban J connectivity index is 2.33. The van der Waals surface area contributed by atoms with Gasteiger partial charge in [0.05, 0.1) is 5.69 Å². The van der Waals surface area contributed by atoms with Gasteiger partial charge >= 0.3 is 0 Å². The number of nitrogens with zero attached hydrogens (tertiary/aromatic N) is 2. The average molecular weight is 209 g/mol. The second-order valence-electron chi connectivity index (χ2n) is 3.08. The third-order valence-corrected chi connectivity index (χ3v) is 1.99. The van der Waals surface area contributed by atoms with Crippen LogP contribution in [0.2, 0.25) is 0 Å². The van der Waals surface area contributed by atoms with E-state index in [4.69, 9.17) is 5.73 Å². The molecular weight excluding hydrogens is 200 g/mol. The van der Waals surface area contributed by atoms with Gasteiger partial charge in [0.1, 0.15) is 5.69 Å². The molecule has 0 bridgehead atoms. The van der Waals surface area contributed by atoms with Crippen LogP contribution in [0.3, 0.4) is 0 Å². The molecule has 1 aromatic heterocycles. The molecule has 0 fully saturated rings. The lowest BCUT2D eigenvalue weighted by Gasteiger charge is -2.01. The molecule has 1 aromatic carbocycles. The summed E-state index contributed by atoms with van der Waals surface area (Å²) in [6, 6.07) is 8.12. The maximum absolute atomic E-state index is 12.3. The Labute approximate surface area is 85.1 Å². The summed E-state index contributed by atoms with van der Waals surface area (Å²) in [6.07, 6.45) is -1.05. The van der Waals surface area contributed by atoms with Crippen molar-refractivity contribution in [2.75, 3.05) is 5.73 Å². The lowest BCUT2D eigenvalue weighted by Crippen LogP contribution is -1.96. The maximum Gasteiger partial charge on any atom is 0.282 e. The molecule has 0 aliphatic heterocycles. The molecule has 2 aromatic rings. The Morgan fingerprint density at radius 3 is 2.33 bits per heavy atom. The predicted molar refractivity (Wildman–Crippen MR) is 52.9 cm³/mol. The smallest absolute Gasteiger partial charge is 0.282 e. The Bertz CT molecular complexity index is 448. The van der Waals surface area contributed by atoms with Gasteiger partial charge in [0.15, 0.2) is 0 Å². The first-order valence-electron chi connectivity index (χ1n) is 4.36. The summed E-state index contributed by atoms with van der Waals surface area (Å²) in [5.74, 6) is 0. The van der Waals surface area contributed by atoms with E-state index >= 15 is 0 Å². The van der Waals surface area contributed by atoms with Crippen LogP contribution < -0.4 is 5.73 Å². The first-order valence-corrected chi connectivity index (χ1v) is 4.36. The second-order valence-corrected chi connectivity index (χ2v) is 3.08. The Kier molecular flexibility index (Phi) is 2.37. The van der Waals surface area contributed by atoms with E-state index in [1.807, 2.05) is 0 Å². The quantitative estimate of drug-likeness (QED) is 0.772. The number of rotatable bonds is 2. The van der Waals surface area contributed by atoms with Crippen LogP contribution in [-0.4, -0.2) is 9.78 Å². The number of alkyl halides is 2. The fraction of sp³-hybridized carbons (Fsp3) is 0.100. The van der Waals surface area contributed by atoms with E-state index < -0.39 is 6.43 Å². The monoisotopic (exact) mass is 209 g/mol. The molecule has 0 radical (unpaired) electrons. The minimum absolute atomic E-state index is 0.230. The number of benzene rings is 1. The third-order valence-electron chi connectivity index (χ3n) is 1.99. The third kappa shape index (κ3) is 1.96. The molecule has 0 amide bonds. The van der Waals surface area contributed by atoms with Crippen molar-refractivity contribution in [3.05, 3.63) is 42.2 Å². The van der Waals surface area contributed by atoms with Crippen LogP contribution in [0, 0.1) is 0 Å². The van der Waals surface area contributed by atoms with Crippen LogP contribution in [0.15, 0.2) is 36.5 Å². The molecule has 15 heavy (non-hydrogen) atoms. The molecule has 0 spiro atoms. The van der Waals surface area contributed by atoms with Crippen LogP contribution in [0.25, 0.3) is 5.69 Å². The molecule has 0 aliphatic rings. The minimum Gasteiger partial charge on any atom is -0.399 e.